The molecular weight excluding hydrogens is 242 g/mol. The summed E-state index contributed by atoms with van der Waals surface area (Å²) >= 11 is 0. The Morgan fingerprint density at radius 2 is 1.95 bits per heavy atom. The summed E-state index contributed by atoms with van der Waals surface area (Å²) in [5.74, 6) is 0.575. The predicted octanol–water partition coefficient (Wildman–Crippen LogP) is 2.39. The molecule has 4 heteroatoms. The molecule has 0 fully saturated rings. The smallest absolute Gasteiger partial charge is 0.309 e. The molecule has 0 aliphatic carbocycles. The molecule has 0 aliphatic rings. The molecule has 1 rings (SSSR count). The van der Waals surface area contributed by atoms with Crippen LogP contribution in [-0.4, -0.2) is 32.3 Å². The lowest BCUT2D eigenvalue weighted by molar-refractivity contribution is -0.144. The van der Waals surface area contributed by atoms with Crippen LogP contribution in [0.4, 0.5) is 0 Å². The molecule has 19 heavy (non-hydrogen) atoms. The molecule has 0 amide bonds. The fourth-order valence-electron chi connectivity index (χ4n) is 1.53. The summed E-state index contributed by atoms with van der Waals surface area (Å²) < 4.78 is 10.5. The highest BCUT2D eigenvalue weighted by atomic mass is 16.5. The quantitative estimate of drug-likeness (QED) is 0.521. The van der Waals surface area contributed by atoms with Crippen molar-refractivity contribution < 1.29 is 14.3 Å². The summed E-state index contributed by atoms with van der Waals surface area (Å²) in [7, 11) is 0. The molecule has 0 spiro atoms. The first-order valence-electron chi connectivity index (χ1n) is 6.87. The van der Waals surface area contributed by atoms with Gasteiger partial charge in [-0.2, -0.15) is 0 Å². The minimum absolute atomic E-state index is 0.202. The molecule has 0 heterocycles. The largest absolute Gasteiger partial charge is 0.493 e. The highest BCUT2D eigenvalue weighted by Crippen LogP contribution is 2.08. The van der Waals surface area contributed by atoms with E-state index in [0.717, 1.165) is 31.7 Å². The number of benzene rings is 1. The lowest BCUT2D eigenvalue weighted by Crippen LogP contribution is -2.18. The third kappa shape index (κ3) is 8.21. The van der Waals surface area contributed by atoms with Crippen LogP contribution in [0.25, 0.3) is 0 Å². The van der Waals surface area contributed by atoms with E-state index in [1.165, 1.54) is 0 Å². The van der Waals surface area contributed by atoms with Crippen molar-refractivity contribution in [2.24, 2.45) is 0 Å². The number of esters is 1. The fourth-order valence-corrected chi connectivity index (χ4v) is 1.53. The van der Waals surface area contributed by atoms with E-state index in [2.05, 4.69) is 12.2 Å². The van der Waals surface area contributed by atoms with Gasteiger partial charge in [0.05, 0.1) is 19.6 Å². The second-order valence-electron chi connectivity index (χ2n) is 4.24. The summed E-state index contributed by atoms with van der Waals surface area (Å²) in [4.78, 5) is 11.4. The van der Waals surface area contributed by atoms with E-state index in [0.29, 0.717) is 13.2 Å². The molecule has 0 saturated heterocycles. The zero-order valence-corrected chi connectivity index (χ0v) is 11.6. The van der Waals surface area contributed by atoms with Gasteiger partial charge in [-0.1, -0.05) is 25.1 Å². The third-order valence-corrected chi connectivity index (χ3v) is 2.51. The number of para-hydroxylation sites is 1. The molecule has 0 unspecified atom stereocenters. The normalized spacial score (nSPS) is 10.2. The summed E-state index contributed by atoms with van der Waals surface area (Å²) in [5.41, 5.74) is 0. The zero-order valence-electron chi connectivity index (χ0n) is 11.6. The molecule has 0 atom stereocenters. The van der Waals surface area contributed by atoms with Crippen molar-refractivity contribution in [2.75, 3.05) is 26.3 Å². The minimum atomic E-state index is -0.202. The van der Waals surface area contributed by atoms with Crippen molar-refractivity contribution in [1.82, 2.24) is 5.32 Å². The van der Waals surface area contributed by atoms with Crippen molar-refractivity contribution in [3.8, 4) is 5.75 Å². The number of hydrogen-bond acceptors (Lipinski definition) is 4. The van der Waals surface area contributed by atoms with Crippen molar-refractivity contribution >= 4 is 5.97 Å². The number of carbonyl (C=O) groups is 1. The molecule has 0 radical (unpaired) electrons. The molecule has 106 valence electrons. The van der Waals surface area contributed by atoms with Crippen LogP contribution in [-0.2, 0) is 9.53 Å². The van der Waals surface area contributed by atoms with Gasteiger partial charge >= 0.3 is 5.97 Å². The number of hydrogen-bond donors (Lipinski definition) is 1. The van der Waals surface area contributed by atoms with E-state index in [4.69, 9.17) is 9.47 Å². The van der Waals surface area contributed by atoms with Crippen molar-refractivity contribution in [1.29, 1.82) is 0 Å². The molecule has 4 nitrogen and oxygen atoms in total. The Balaban J connectivity index is 1.96. The lowest BCUT2D eigenvalue weighted by atomic mass is 10.3. The van der Waals surface area contributed by atoms with Crippen LogP contribution in [0, 0.1) is 0 Å². The van der Waals surface area contributed by atoms with Crippen LogP contribution in [0.5, 0.6) is 5.75 Å². The van der Waals surface area contributed by atoms with E-state index in [1.807, 2.05) is 30.3 Å². The Kier molecular flexibility index (Phi) is 8.47. The van der Waals surface area contributed by atoms with Crippen LogP contribution in [0.1, 0.15) is 26.2 Å². The maximum atomic E-state index is 11.4. The third-order valence-electron chi connectivity index (χ3n) is 2.51. The van der Waals surface area contributed by atoms with Crippen LogP contribution in [0.2, 0.25) is 0 Å². The lowest BCUT2D eigenvalue weighted by Gasteiger charge is -2.07. The van der Waals surface area contributed by atoms with Gasteiger partial charge in [0.2, 0.25) is 0 Å². The summed E-state index contributed by atoms with van der Waals surface area (Å²) in [6, 6.07) is 9.46. The maximum absolute atomic E-state index is 11.4. The van der Waals surface area contributed by atoms with E-state index in [9.17, 15) is 4.79 Å². The highest BCUT2D eigenvalue weighted by Gasteiger charge is 2.03. The van der Waals surface area contributed by atoms with Gasteiger partial charge in [-0.05, 0) is 38.1 Å². The van der Waals surface area contributed by atoms with Crippen molar-refractivity contribution in [3.05, 3.63) is 30.3 Å². The Hall–Kier alpha value is -1.55. The van der Waals surface area contributed by atoms with Crippen LogP contribution in [0.3, 0.4) is 0 Å². The Labute approximate surface area is 115 Å². The first-order chi connectivity index (χ1) is 9.33. The summed E-state index contributed by atoms with van der Waals surface area (Å²) in [6.07, 6.45) is 2.26. The van der Waals surface area contributed by atoms with E-state index in [-0.39, 0.29) is 12.4 Å². The van der Waals surface area contributed by atoms with Crippen molar-refractivity contribution in [3.63, 3.8) is 0 Å². The molecule has 1 aromatic carbocycles. The second-order valence-corrected chi connectivity index (χ2v) is 4.24. The summed E-state index contributed by atoms with van der Waals surface area (Å²) in [5, 5.41) is 3.26. The minimum Gasteiger partial charge on any atom is -0.493 e. The molecule has 0 aromatic heterocycles. The Morgan fingerprint density at radius 3 is 2.68 bits per heavy atom. The number of carbonyl (C=O) groups excluding carboxylic acids is 1. The van der Waals surface area contributed by atoms with E-state index < -0.39 is 0 Å². The van der Waals surface area contributed by atoms with Crippen LogP contribution >= 0.6 is 0 Å². The maximum Gasteiger partial charge on any atom is 0.309 e. The SMILES string of the molecule is CCCNCCCOC(=O)CCOc1ccccc1. The van der Waals surface area contributed by atoms with Crippen molar-refractivity contribution in [2.45, 2.75) is 26.2 Å². The topological polar surface area (TPSA) is 47.6 Å². The Bertz CT molecular complexity index is 341. The van der Waals surface area contributed by atoms with Crippen LogP contribution in [0.15, 0.2) is 30.3 Å². The molecule has 1 aromatic rings. The van der Waals surface area contributed by atoms with Gasteiger partial charge in [0, 0.05) is 0 Å². The highest BCUT2D eigenvalue weighted by molar-refractivity contribution is 5.69. The number of ether oxygens (including phenoxy) is 2. The van der Waals surface area contributed by atoms with Gasteiger partial charge in [-0.15, -0.1) is 0 Å². The summed E-state index contributed by atoms with van der Waals surface area (Å²) in [6.45, 7) is 4.86. The molecule has 0 bridgehead atoms. The van der Waals surface area contributed by atoms with E-state index >= 15 is 0 Å². The van der Waals surface area contributed by atoms with Gasteiger partial charge < -0.3 is 14.8 Å². The van der Waals surface area contributed by atoms with E-state index in [1.54, 1.807) is 0 Å². The van der Waals surface area contributed by atoms with Gasteiger partial charge in [-0.3, -0.25) is 4.79 Å². The monoisotopic (exact) mass is 265 g/mol. The fraction of sp³-hybridized carbons (Fsp3) is 0.533. The van der Waals surface area contributed by atoms with Crippen LogP contribution < -0.4 is 10.1 Å². The number of nitrogens with one attached hydrogen (secondary N) is 1. The Morgan fingerprint density at radius 1 is 1.16 bits per heavy atom. The molecular formula is C15H23NO3. The standard InChI is InChI=1S/C15H23NO3/c1-2-10-16-11-6-12-19-15(17)9-13-18-14-7-4-3-5-8-14/h3-5,7-8,16H,2,6,9-13H2,1H3. The first-order valence-corrected chi connectivity index (χ1v) is 6.87. The average molecular weight is 265 g/mol. The predicted molar refractivity (Wildman–Crippen MR) is 75.3 cm³/mol. The molecule has 1 N–H and O–H groups in total. The molecule has 0 saturated carbocycles. The second kappa shape index (κ2) is 10.4. The van der Waals surface area contributed by atoms with Gasteiger partial charge in [-0.25, -0.2) is 0 Å². The van der Waals surface area contributed by atoms with Gasteiger partial charge in [0.25, 0.3) is 0 Å². The average Bonchev–Trinajstić information content (AvgIpc) is 2.44. The zero-order chi connectivity index (χ0) is 13.8. The first kappa shape index (κ1) is 15.5. The molecule has 0 aliphatic heterocycles. The number of rotatable bonds is 10. The van der Waals surface area contributed by atoms with Gasteiger partial charge in [0.15, 0.2) is 0 Å². The van der Waals surface area contributed by atoms with Gasteiger partial charge in [0.1, 0.15) is 5.75 Å².